The highest BCUT2D eigenvalue weighted by atomic mass is 31.2. The van der Waals surface area contributed by atoms with Crippen LogP contribution in [0.3, 0.4) is 0 Å². The van der Waals surface area contributed by atoms with Crippen LogP contribution in [0.2, 0.25) is 0 Å². The molecule has 0 aromatic heterocycles. The van der Waals surface area contributed by atoms with E-state index in [4.69, 9.17) is 0 Å². The van der Waals surface area contributed by atoms with Crippen LogP contribution in [0, 0.1) is 6.92 Å². The average Bonchev–Trinajstić information content (AvgIpc) is 2.70. The molecule has 2 nitrogen and oxygen atoms in total. The minimum atomic E-state index is -3.20. The van der Waals surface area contributed by atoms with Gasteiger partial charge < -0.3 is 4.57 Å². The Morgan fingerprint density at radius 3 is 1.67 bits per heavy atom. The van der Waals surface area contributed by atoms with Crippen molar-refractivity contribution in [3.8, 4) is 0 Å². The molecular formula is C24H23O2P. The summed E-state index contributed by atoms with van der Waals surface area (Å²) in [6, 6.07) is 26.7. The molecule has 3 aromatic carbocycles. The molecule has 0 unspecified atom stereocenters. The molecule has 0 saturated heterocycles. The van der Waals surface area contributed by atoms with Crippen molar-refractivity contribution < 1.29 is 9.36 Å². The fourth-order valence-corrected chi connectivity index (χ4v) is 6.66. The minimum Gasteiger partial charge on any atom is -0.313 e. The molecule has 3 rings (SSSR count). The summed E-state index contributed by atoms with van der Waals surface area (Å²) in [6.07, 6.45) is 0. The molecule has 0 amide bonds. The lowest BCUT2D eigenvalue weighted by Crippen LogP contribution is -2.24. The smallest absolute Gasteiger partial charge is 0.156 e. The van der Waals surface area contributed by atoms with Crippen molar-refractivity contribution >= 4 is 23.5 Å². The maximum Gasteiger partial charge on any atom is 0.156 e. The minimum absolute atomic E-state index is 0.146. The van der Waals surface area contributed by atoms with Crippen LogP contribution < -0.4 is 10.6 Å². The van der Waals surface area contributed by atoms with Gasteiger partial charge in [-0.2, -0.15) is 0 Å². The van der Waals surface area contributed by atoms with E-state index < -0.39 is 12.8 Å². The zero-order chi connectivity index (χ0) is 19.4. The number of carbonyl (C=O) groups excluding carboxylic acids is 1. The zero-order valence-corrected chi connectivity index (χ0v) is 16.5. The molecule has 0 aliphatic heterocycles. The summed E-state index contributed by atoms with van der Waals surface area (Å²) >= 11 is 0. The van der Waals surface area contributed by atoms with Crippen molar-refractivity contribution in [3.05, 3.63) is 108 Å². The van der Waals surface area contributed by atoms with Gasteiger partial charge in [0, 0.05) is 16.2 Å². The Labute approximate surface area is 160 Å². The van der Waals surface area contributed by atoms with E-state index >= 15 is 0 Å². The molecule has 0 radical (unpaired) electrons. The van der Waals surface area contributed by atoms with Gasteiger partial charge in [0.15, 0.2) is 12.9 Å². The monoisotopic (exact) mass is 374 g/mol. The second kappa shape index (κ2) is 7.90. The van der Waals surface area contributed by atoms with Crippen molar-refractivity contribution in [2.24, 2.45) is 0 Å². The molecule has 0 saturated carbocycles. The third-order valence-electron chi connectivity index (χ3n) is 4.82. The highest BCUT2D eigenvalue weighted by molar-refractivity contribution is 7.79. The van der Waals surface area contributed by atoms with Gasteiger partial charge in [0.1, 0.15) is 0 Å². The largest absolute Gasteiger partial charge is 0.313 e. The van der Waals surface area contributed by atoms with E-state index in [1.54, 1.807) is 0 Å². The van der Waals surface area contributed by atoms with Crippen molar-refractivity contribution in [3.63, 3.8) is 0 Å². The second-order valence-corrected chi connectivity index (χ2v) is 9.59. The number of Topliss-reactive ketones (excluding diaryl/α,β-unsaturated/α-hetero) is 1. The third-order valence-corrected chi connectivity index (χ3v) is 8.29. The summed E-state index contributed by atoms with van der Waals surface area (Å²) < 4.78 is 14.7. The van der Waals surface area contributed by atoms with Crippen LogP contribution in [0.25, 0.3) is 0 Å². The van der Waals surface area contributed by atoms with Gasteiger partial charge in [-0.25, -0.2) is 0 Å². The lowest BCUT2D eigenvalue weighted by molar-refractivity contribution is -0.113. The first kappa shape index (κ1) is 19.1. The molecule has 0 bridgehead atoms. The number of aryl methyl sites for hydroxylation is 1. The Kier molecular flexibility index (Phi) is 5.58. The van der Waals surface area contributed by atoms with E-state index in [0.717, 1.165) is 21.7 Å². The van der Waals surface area contributed by atoms with E-state index in [1.807, 2.05) is 91.9 Å². The van der Waals surface area contributed by atoms with E-state index in [-0.39, 0.29) is 5.78 Å². The number of carbonyl (C=O) groups is 1. The topological polar surface area (TPSA) is 34.1 Å². The number of ketones is 1. The number of hydrogen-bond donors (Lipinski definition) is 0. The summed E-state index contributed by atoms with van der Waals surface area (Å²) in [4.78, 5) is 12.3. The molecule has 0 fully saturated rings. The predicted octanol–water partition coefficient (Wildman–Crippen LogP) is 5.20. The quantitative estimate of drug-likeness (QED) is 0.439. The van der Waals surface area contributed by atoms with E-state index in [0.29, 0.717) is 5.57 Å². The lowest BCUT2D eigenvalue weighted by Gasteiger charge is -2.30. The number of benzene rings is 3. The molecule has 136 valence electrons. The van der Waals surface area contributed by atoms with Crippen LogP contribution >= 0.6 is 7.14 Å². The normalized spacial score (nSPS) is 12.4. The molecule has 0 aliphatic carbocycles. The number of allylic oxidation sites excluding steroid dienone is 1. The van der Waals surface area contributed by atoms with Gasteiger partial charge in [0.2, 0.25) is 0 Å². The fourth-order valence-electron chi connectivity index (χ4n) is 3.32. The first-order valence-electron chi connectivity index (χ1n) is 8.92. The molecule has 3 heteroatoms. The van der Waals surface area contributed by atoms with Gasteiger partial charge in [-0.15, -0.1) is 0 Å². The van der Waals surface area contributed by atoms with Gasteiger partial charge >= 0.3 is 0 Å². The van der Waals surface area contributed by atoms with Gasteiger partial charge in [-0.3, -0.25) is 4.79 Å². The van der Waals surface area contributed by atoms with Gasteiger partial charge in [0.05, 0.1) is 5.66 Å². The van der Waals surface area contributed by atoms with E-state index in [2.05, 4.69) is 6.58 Å². The Morgan fingerprint density at radius 1 is 0.815 bits per heavy atom. The third kappa shape index (κ3) is 3.72. The van der Waals surface area contributed by atoms with E-state index in [9.17, 15) is 9.36 Å². The Balaban J connectivity index is 2.32. The van der Waals surface area contributed by atoms with Crippen LogP contribution in [0.4, 0.5) is 0 Å². The Morgan fingerprint density at radius 2 is 1.26 bits per heavy atom. The first-order chi connectivity index (χ1) is 12.9. The summed E-state index contributed by atoms with van der Waals surface area (Å²) in [7, 11) is -3.20. The highest BCUT2D eigenvalue weighted by Gasteiger charge is 2.40. The molecule has 0 spiro atoms. The van der Waals surface area contributed by atoms with Crippen molar-refractivity contribution in [2.45, 2.75) is 19.5 Å². The molecule has 0 aliphatic rings. The molecule has 27 heavy (non-hydrogen) atoms. The average molecular weight is 374 g/mol. The fraction of sp³-hybridized carbons (Fsp3) is 0.125. The summed E-state index contributed by atoms with van der Waals surface area (Å²) in [5, 5.41) is 1.45. The van der Waals surface area contributed by atoms with Crippen LogP contribution in [-0.2, 0) is 9.36 Å². The molecule has 1 atom stereocenters. The van der Waals surface area contributed by atoms with Crippen LogP contribution in [0.1, 0.15) is 23.7 Å². The maximum absolute atomic E-state index is 14.7. The summed E-state index contributed by atoms with van der Waals surface area (Å²) in [5.41, 5.74) is 1.73. The van der Waals surface area contributed by atoms with Gasteiger partial charge in [-0.05, 0) is 19.4 Å². The lowest BCUT2D eigenvalue weighted by atomic mass is 10.0. The Bertz CT molecular complexity index is 946. The van der Waals surface area contributed by atoms with Crippen molar-refractivity contribution in [2.75, 3.05) is 0 Å². The maximum atomic E-state index is 14.7. The Hall–Kier alpha value is -2.70. The second-order valence-electron chi connectivity index (χ2n) is 6.72. The highest BCUT2D eigenvalue weighted by Crippen LogP contribution is 2.60. The van der Waals surface area contributed by atoms with Gasteiger partial charge in [-0.1, -0.05) is 97.1 Å². The molecule has 3 aromatic rings. The molecule has 0 N–H and O–H groups in total. The predicted molar refractivity (Wildman–Crippen MR) is 113 cm³/mol. The zero-order valence-electron chi connectivity index (χ0n) is 15.6. The van der Waals surface area contributed by atoms with E-state index in [1.165, 1.54) is 6.92 Å². The SMILES string of the molecule is C=C(C(C)=O)[C@H](c1ccc(C)cc1)P(=O)(c1ccccc1)c1ccccc1. The summed E-state index contributed by atoms with van der Waals surface area (Å²) in [6.45, 7) is 7.55. The van der Waals surface area contributed by atoms with Crippen molar-refractivity contribution in [1.29, 1.82) is 0 Å². The molecule has 0 heterocycles. The standard InChI is InChI=1S/C24H23O2P/c1-18-14-16-21(17-15-18)24(19(2)20(3)25)27(26,22-10-6-4-7-11-22)23-12-8-5-9-13-23/h4-17,24H,2H2,1,3H3/t24-/m1/s1. The van der Waals surface area contributed by atoms with Crippen LogP contribution in [0.5, 0.6) is 0 Å². The summed E-state index contributed by atoms with van der Waals surface area (Å²) in [5.74, 6) is -0.146. The van der Waals surface area contributed by atoms with Crippen molar-refractivity contribution in [1.82, 2.24) is 0 Å². The van der Waals surface area contributed by atoms with Crippen LogP contribution in [0.15, 0.2) is 97.1 Å². The molecular weight excluding hydrogens is 351 g/mol. The number of hydrogen-bond acceptors (Lipinski definition) is 2. The van der Waals surface area contributed by atoms with Gasteiger partial charge in [0.25, 0.3) is 0 Å². The first-order valence-corrected chi connectivity index (χ1v) is 10.7. The number of rotatable bonds is 6. The van der Waals surface area contributed by atoms with Crippen LogP contribution in [-0.4, -0.2) is 5.78 Å².